The van der Waals surface area contributed by atoms with E-state index in [1.807, 2.05) is 20.8 Å². The highest BCUT2D eigenvalue weighted by Crippen LogP contribution is 2.35. The summed E-state index contributed by atoms with van der Waals surface area (Å²) >= 11 is 0. The van der Waals surface area contributed by atoms with Gasteiger partial charge in [-0.25, -0.2) is 0 Å². The third-order valence-electron chi connectivity index (χ3n) is 4.52. The molecule has 0 spiro atoms. The molecule has 0 aromatic carbocycles. The SMILES string of the molecule is CC(C)(C)CCNC(=O)CCCCN1C(=O)CC(C(C)(C)C)C1=O. The molecule has 1 N–H and O–H groups in total. The van der Waals surface area contributed by atoms with Gasteiger partial charge in [0.25, 0.3) is 0 Å². The Bertz CT molecular complexity index is 472. The van der Waals surface area contributed by atoms with Gasteiger partial charge < -0.3 is 5.32 Å². The Morgan fingerprint density at radius 1 is 1.12 bits per heavy atom. The van der Waals surface area contributed by atoms with Crippen LogP contribution in [0, 0.1) is 16.7 Å². The van der Waals surface area contributed by atoms with E-state index in [2.05, 4.69) is 26.1 Å². The van der Waals surface area contributed by atoms with Crippen molar-refractivity contribution in [1.82, 2.24) is 10.2 Å². The van der Waals surface area contributed by atoms with Crippen LogP contribution in [0.4, 0.5) is 0 Å². The van der Waals surface area contributed by atoms with E-state index in [9.17, 15) is 14.4 Å². The number of likely N-dealkylation sites (tertiary alicyclic amines) is 1. The Kier molecular flexibility index (Phi) is 6.99. The fourth-order valence-corrected chi connectivity index (χ4v) is 2.82. The predicted octanol–water partition coefficient (Wildman–Crippen LogP) is 3.13. The maximum Gasteiger partial charge on any atom is 0.233 e. The molecule has 0 radical (unpaired) electrons. The van der Waals surface area contributed by atoms with E-state index < -0.39 is 0 Å². The summed E-state index contributed by atoms with van der Waals surface area (Å²) in [5.41, 5.74) is 0.0295. The van der Waals surface area contributed by atoms with Crippen molar-refractivity contribution in [3.05, 3.63) is 0 Å². The van der Waals surface area contributed by atoms with E-state index in [-0.39, 0.29) is 34.5 Å². The Morgan fingerprint density at radius 2 is 1.75 bits per heavy atom. The predicted molar refractivity (Wildman–Crippen MR) is 95.2 cm³/mol. The van der Waals surface area contributed by atoms with Gasteiger partial charge in [0, 0.05) is 25.9 Å². The van der Waals surface area contributed by atoms with Gasteiger partial charge in [0.15, 0.2) is 0 Å². The zero-order chi connectivity index (χ0) is 18.5. The second-order valence-corrected chi connectivity index (χ2v) is 9.12. The van der Waals surface area contributed by atoms with E-state index >= 15 is 0 Å². The molecule has 1 aliphatic rings. The highest BCUT2D eigenvalue weighted by molar-refractivity contribution is 6.03. The smallest absolute Gasteiger partial charge is 0.233 e. The molecule has 0 saturated carbocycles. The zero-order valence-electron chi connectivity index (χ0n) is 16.2. The van der Waals surface area contributed by atoms with Crippen molar-refractivity contribution in [2.24, 2.45) is 16.7 Å². The summed E-state index contributed by atoms with van der Waals surface area (Å²) < 4.78 is 0. The van der Waals surface area contributed by atoms with Gasteiger partial charge in [-0.2, -0.15) is 0 Å². The van der Waals surface area contributed by atoms with Gasteiger partial charge in [-0.15, -0.1) is 0 Å². The molecule has 1 aliphatic heterocycles. The van der Waals surface area contributed by atoms with E-state index in [0.717, 1.165) is 6.42 Å². The van der Waals surface area contributed by atoms with Gasteiger partial charge in [-0.05, 0) is 30.1 Å². The number of carbonyl (C=O) groups excluding carboxylic acids is 3. The van der Waals surface area contributed by atoms with Crippen molar-refractivity contribution in [2.75, 3.05) is 13.1 Å². The number of rotatable bonds is 7. The summed E-state index contributed by atoms with van der Waals surface area (Å²) in [4.78, 5) is 37.5. The topological polar surface area (TPSA) is 66.5 Å². The van der Waals surface area contributed by atoms with Crippen LogP contribution in [-0.2, 0) is 14.4 Å². The molecule has 138 valence electrons. The highest BCUT2D eigenvalue weighted by Gasteiger charge is 2.44. The first-order valence-corrected chi connectivity index (χ1v) is 9.03. The average molecular weight is 338 g/mol. The Morgan fingerprint density at radius 3 is 2.25 bits per heavy atom. The normalized spacial score (nSPS) is 19.1. The van der Waals surface area contributed by atoms with E-state index in [1.165, 1.54) is 4.90 Å². The summed E-state index contributed by atoms with van der Waals surface area (Å²) in [7, 11) is 0. The maximum atomic E-state index is 12.4. The lowest BCUT2D eigenvalue weighted by molar-refractivity contribution is -0.140. The lowest BCUT2D eigenvalue weighted by Crippen LogP contribution is -2.34. The van der Waals surface area contributed by atoms with Crippen LogP contribution in [0.2, 0.25) is 0 Å². The van der Waals surface area contributed by atoms with Crippen molar-refractivity contribution in [3.63, 3.8) is 0 Å². The number of nitrogens with zero attached hydrogens (tertiary/aromatic N) is 1. The molecule has 5 nitrogen and oxygen atoms in total. The minimum atomic E-state index is -0.217. The standard InChI is InChI=1S/C19H34N2O3/c1-18(2,3)10-11-20-15(22)9-7-8-12-21-16(23)13-14(17(21)24)19(4,5)6/h14H,7-13H2,1-6H3,(H,20,22). The molecule has 0 bridgehead atoms. The summed E-state index contributed by atoms with van der Waals surface area (Å²) in [6.45, 7) is 13.5. The molecule has 1 fully saturated rings. The molecule has 0 aromatic heterocycles. The average Bonchev–Trinajstić information content (AvgIpc) is 2.69. The third kappa shape index (κ3) is 6.62. The quantitative estimate of drug-likeness (QED) is 0.573. The number of imide groups is 1. The van der Waals surface area contributed by atoms with Crippen LogP contribution in [0.1, 0.15) is 73.6 Å². The highest BCUT2D eigenvalue weighted by atomic mass is 16.2. The second kappa shape index (κ2) is 8.13. The van der Waals surface area contributed by atoms with E-state index in [0.29, 0.717) is 38.8 Å². The minimum Gasteiger partial charge on any atom is -0.356 e. The molecule has 1 unspecified atom stereocenters. The Labute approximate surface area is 146 Å². The maximum absolute atomic E-state index is 12.4. The van der Waals surface area contributed by atoms with Crippen LogP contribution in [0.15, 0.2) is 0 Å². The molecule has 0 aliphatic carbocycles. The van der Waals surface area contributed by atoms with Gasteiger partial charge in [0.2, 0.25) is 17.7 Å². The third-order valence-corrected chi connectivity index (χ3v) is 4.52. The molecule has 24 heavy (non-hydrogen) atoms. The lowest BCUT2D eigenvalue weighted by Gasteiger charge is -2.24. The van der Waals surface area contributed by atoms with Gasteiger partial charge in [0.05, 0.1) is 5.92 Å². The summed E-state index contributed by atoms with van der Waals surface area (Å²) in [6, 6.07) is 0. The first-order valence-electron chi connectivity index (χ1n) is 9.03. The zero-order valence-corrected chi connectivity index (χ0v) is 16.2. The number of carbonyl (C=O) groups is 3. The number of hydrogen-bond donors (Lipinski definition) is 1. The number of amides is 3. The molecule has 1 atom stereocenters. The Balaban J connectivity index is 2.27. The fraction of sp³-hybridized carbons (Fsp3) is 0.842. The first-order chi connectivity index (χ1) is 10.9. The largest absolute Gasteiger partial charge is 0.356 e. The van der Waals surface area contributed by atoms with Crippen LogP contribution >= 0.6 is 0 Å². The van der Waals surface area contributed by atoms with Gasteiger partial charge in [-0.1, -0.05) is 41.5 Å². The molecule has 0 aromatic rings. The van der Waals surface area contributed by atoms with Gasteiger partial charge >= 0.3 is 0 Å². The van der Waals surface area contributed by atoms with E-state index in [1.54, 1.807) is 0 Å². The van der Waals surface area contributed by atoms with Crippen LogP contribution in [-0.4, -0.2) is 35.7 Å². The van der Waals surface area contributed by atoms with Gasteiger partial charge in [-0.3, -0.25) is 19.3 Å². The lowest BCUT2D eigenvalue weighted by atomic mass is 9.80. The fourth-order valence-electron chi connectivity index (χ4n) is 2.82. The van der Waals surface area contributed by atoms with Crippen molar-refractivity contribution >= 4 is 17.7 Å². The monoisotopic (exact) mass is 338 g/mol. The summed E-state index contributed by atoms with van der Waals surface area (Å²) in [5, 5.41) is 2.93. The molecule has 1 rings (SSSR count). The van der Waals surface area contributed by atoms with Crippen LogP contribution in [0.25, 0.3) is 0 Å². The number of nitrogens with one attached hydrogen (secondary N) is 1. The van der Waals surface area contributed by atoms with Crippen LogP contribution in [0.3, 0.4) is 0 Å². The molecule has 5 heteroatoms. The second-order valence-electron chi connectivity index (χ2n) is 9.12. The van der Waals surface area contributed by atoms with Crippen molar-refractivity contribution in [2.45, 2.75) is 73.6 Å². The van der Waals surface area contributed by atoms with Crippen molar-refractivity contribution in [1.29, 1.82) is 0 Å². The number of hydrogen-bond acceptors (Lipinski definition) is 3. The van der Waals surface area contributed by atoms with Crippen LogP contribution < -0.4 is 5.32 Å². The number of unbranched alkanes of at least 4 members (excludes halogenated alkanes) is 1. The van der Waals surface area contributed by atoms with Crippen molar-refractivity contribution < 1.29 is 14.4 Å². The Hall–Kier alpha value is -1.39. The van der Waals surface area contributed by atoms with Gasteiger partial charge in [0.1, 0.15) is 0 Å². The molecular weight excluding hydrogens is 304 g/mol. The first kappa shape index (κ1) is 20.7. The summed E-state index contributed by atoms with van der Waals surface area (Å²) in [5.74, 6) is -0.298. The van der Waals surface area contributed by atoms with E-state index in [4.69, 9.17) is 0 Å². The summed E-state index contributed by atoms with van der Waals surface area (Å²) in [6.07, 6.45) is 3.09. The minimum absolute atomic E-state index is 0.0471. The van der Waals surface area contributed by atoms with Crippen LogP contribution in [0.5, 0.6) is 0 Å². The van der Waals surface area contributed by atoms with Crippen molar-refractivity contribution in [3.8, 4) is 0 Å². The molecule has 3 amide bonds. The molecule has 1 heterocycles. The molecule has 1 saturated heterocycles. The molecular formula is C19H34N2O3.